The van der Waals surface area contributed by atoms with Crippen LogP contribution in [-0.4, -0.2) is 29.6 Å². The van der Waals surface area contributed by atoms with E-state index >= 15 is 0 Å². The average molecular weight is 451 g/mol. The monoisotopic (exact) mass is 451 g/mol. The minimum Gasteiger partial charge on any atom is -0.465 e. The minimum atomic E-state index is -5.07. The first-order valence-electron chi connectivity index (χ1n) is 8.77. The summed E-state index contributed by atoms with van der Waals surface area (Å²) in [7, 11) is 0.987. The van der Waals surface area contributed by atoms with Crippen LogP contribution < -0.4 is 10.7 Å². The molecule has 0 bridgehead atoms. The van der Waals surface area contributed by atoms with Gasteiger partial charge in [-0.15, -0.1) is 11.3 Å². The van der Waals surface area contributed by atoms with E-state index in [4.69, 9.17) is 0 Å². The molecule has 2 amide bonds. The highest BCUT2D eigenvalue weighted by atomic mass is 32.1. The SMILES string of the molecule is COC(=O)c1c(C(=O)c2cccs2)c(C(F)(F)F)n(NC(=O)Nc2ccccc2)c1C. The van der Waals surface area contributed by atoms with Crippen LogP contribution in [0.15, 0.2) is 47.8 Å². The Bertz CT molecular complexity index is 1120. The van der Waals surface area contributed by atoms with Gasteiger partial charge in [-0.05, 0) is 30.5 Å². The maximum atomic E-state index is 14.1. The second-order valence-corrected chi connectivity index (χ2v) is 7.19. The summed E-state index contributed by atoms with van der Waals surface area (Å²) in [5, 5.41) is 3.91. The minimum absolute atomic E-state index is 0.00143. The topological polar surface area (TPSA) is 89.4 Å². The number of urea groups is 1. The molecule has 1 aromatic carbocycles. The molecule has 0 saturated heterocycles. The van der Waals surface area contributed by atoms with Gasteiger partial charge in [-0.1, -0.05) is 24.3 Å². The lowest BCUT2D eigenvalue weighted by Gasteiger charge is -2.16. The molecular formula is C20H16F3N3O4S. The number of ketones is 1. The summed E-state index contributed by atoms with van der Waals surface area (Å²) in [5.74, 6) is -2.14. The van der Waals surface area contributed by atoms with Crippen molar-refractivity contribution in [2.75, 3.05) is 17.9 Å². The highest BCUT2D eigenvalue weighted by molar-refractivity contribution is 7.12. The Morgan fingerprint density at radius 1 is 1.03 bits per heavy atom. The van der Waals surface area contributed by atoms with Crippen LogP contribution in [0.25, 0.3) is 0 Å². The maximum Gasteiger partial charge on any atom is 0.434 e. The average Bonchev–Trinajstić information content (AvgIpc) is 3.34. The third-order valence-electron chi connectivity index (χ3n) is 4.28. The smallest absolute Gasteiger partial charge is 0.434 e. The zero-order valence-corrected chi connectivity index (χ0v) is 17.1. The molecule has 31 heavy (non-hydrogen) atoms. The predicted octanol–water partition coefficient (Wildman–Crippen LogP) is 4.67. The fourth-order valence-corrected chi connectivity index (χ4v) is 3.65. The van der Waals surface area contributed by atoms with Gasteiger partial charge in [0.1, 0.15) is 0 Å². The largest absolute Gasteiger partial charge is 0.465 e. The summed E-state index contributed by atoms with van der Waals surface area (Å²) in [6.45, 7) is 1.18. The standard InChI is InChI=1S/C20H16F3N3O4S/c1-11-14(18(28)30-2)15(16(27)13-9-6-10-31-13)17(20(21,22)23)26(11)25-19(29)24-12-7-4-3-5-8-12/h3-10H,1-2H3,(H2,24,25,29). The number of esters is 1. The molecule has 0 aliphatic carbocycles. The van der Waals surface area contributed by atoms with Crippen LogP contribution in [0.5, 0.6) is 0 Å². The number of thiophene rings is 1. The van der Waals surface area contributed by atoms with Gasteiger partial charge in [0.05, 0.1) is 28.8 Å². The van der Waals surface area contributed by atoms with Crippen molar-refractivity contribution in [2.45, 2.75) is 13.1 Å². The molecule has 3 aromatic rings. The van der Waals surface area contributed by atoms with E-state index in [1.54, 1.807) is 30.3 Å². The lowest BCUT2D eigenvalue weighted by molar-refractivity contribution is -0.143. The van der Waals surface area contributed by atoms with E-state index in [0.29, 0.717) is 10.4 Å². The van der Waals surface area contributed by atoms with Crippen molar-refractivity contribution < 1.29 is 32.3 Å². The number of alkyl halides is 3. The second-order valence-electron chi connectivity index (χ2n) is 6.25. The van der Waals surface area contributed by atoms with Gasteiger partial charge in [0.15, 0.2) is 5.69 Å². The van der Waals surface area contributed by atoms with Gasteiger partial charge in [0.25, 0.3) is 0 Å². The second kappa shape index (κ2) is 8.64. The van der Waals surface area contributed by atoms with E-state index in [9.17, 15) is 27.6 Å². The molecule has 3 rings (SSSR count). The number of nitrogens with zero attached hydrogens (tertiary/aromatic N) is 1. The van der Waals surface area contributed by atoms with Gasteiger partial charge in [0, 0.05) is 5.69 Å². The number of hydrogen-bond acceptors (Lipinski definition) is 5. The number of amides is 2. The number of halogens is 3. The predicted molar refractivity (Wildman–Crippen MR) is 108 cm³/mol. The zero-order chi connectivity index (χ0) is 22.8. The Morgan fingerprint density at radius 3 is 2.26 bits per heavy atom. The lowest BCUT2D eigenvalue weighted by Crippen LogP contribution is -2.32. The van der Waals surface area contributed by atoms with Crippen molar-refractivity contribution in [3.63, 3.8) is 0 Å². The lowest BCUT2D eigenvalue weighted by atomic mass is 10.0. The van der Waals surface area contributed by atoms with Crippen molar-refractivity contribution in [3.05, 3.63) is 75.2 Å². The first kappa shape index (κ1) is 22.1. The van der Waals surface area contributed by atoms with Crippen LogP contribution in [0.3, 0.4) is 0 Å². The van der Waals surface area contributed by atoms with E-state index in [1.807, 2.05) is 0 Å². The van der Waals surface area contributed by atoms with Crippen LogP contribution in [0.2, 0.25) is 0 Å². The molecule has 7 nitrogen and oxygen atoms in total. The van der Waals surface area contributed by atoms with Crippen LogP contribution >= 0.6 is 11.3 Å². The third-order valence-corrected chi connectivity index (χ3v) is 5.15. The molecule has 2 N–H and O–H groups in total. The van der Waals surface area contributed by atoms with Crippen molar-refractivity contribution >= 4 is 34.8 Å². The Balaban J connectivity index is 2.15. The van der Waals surface area contributed by atoms with Gasteiger partial charge in [-0.3, -0.25) is 9.47 Å². The third kappa shape index (κ3) is 4.45. The molecule has 0 aliphatic heterocycles. The number of para-hydroxylation sites is 1. The van der Waals surface area contributed by atoms with Gasteiger partial charge in [-0.2, -0.15) is 13.2 Å². The van der Waals surface area contributed by atoms with Crippen LogP contribution in [-0.2, 0) is 10.9 Å². The molecule has 0 spiro atoms. The van der Waals surface area contributed by atoms with Crippen molar-refractivity contribution in [1.82, 2.24) is 4.68 Å². The van der Waals surface area contributed by atoms with Crippen LogP contribution in [0.4, 0.5) is 23.7 Å². The normalized spacial score (nSPS) is 11.1. The van der Waals surface area contributed by atoms with Gasteiger partial charge < -0.3 is 10.1 Å². The number of carbonyl (C=O) groups is 3. The van der Waals surface area contributed by atoms with Crippen molar-refractivity contribution in [3.8, 4) is 0 Å². The summed E-state index contributed by atoms with van der Waals surface area (Å²) in [6.07, 6.45) is -5.07. The Kier molecular flexibility index (Phi) is 6.16. The van der Waals surface area contributed by atoms with Gasteiger partial charge >= 0.3 is 18.2 Å². The molecule has 0 atom stereocenters. The first-order valence-corrected chi connectivity index (χ1v) is 9.65. The van der Waals surface area contributed by atoms with Crippen molar-refractivity contribution in [2.24, 2.45) is 0 Å². The molecule has 0 saturated carbocycles. The first-order chi connectivity index (χ1) is 14.6. The number of benzene rings is 1. The van der Waals surface area contributed by atoms with E-state index in [1.165, 1.54) is 24.4 Å². The molecule has 2 heterocycles. The van der Waals surface area contributed by atoms with Crippen molar-refractivity contribution in [1.29, 1.82) is 0 Å². The summed E-state index contributed by atoms with van der Waals surface area (Å²) >= 11 is 0.926. The highest BCUT2D eigenvalue weighted by Crippen LogP contribution is 2.38. The number of anilines is 1. The van der Waals surface area contributed by atoms with E-state index < -0.39 is 40.8 Å². The van der Waals surface area contributed by atoms with E-state index in [2.05, 4.69) is 15.5 Å². The zero-order valence-electron chi connectivity index (χ0n) is 16.2. The molecule has 162 valence electrons. The Hall–Kier alpha value is -3.60. The molecule has 2 aromatic heterocycles. The summed E-state index contributed by atoms with van der Waals surface area (Å²) in [5.41, 5.74) is -0.850. The maximum absolute atomic E-state index is 14.1. The fraction of sp³-hybridized carbons (Fsp3) is 0.150. The molecule has 0 radical (unpaired) electrons. The molecular weight excluding hydrogens is 435 g/mol. The number of nitrogens with one attached hydrogen (secondary N) is 2. The van der Waals surface area contributed by atoms with Gasteiger partial charge in [0.2, 0.25) is 5.78 Å². The Morgan fingerprint density at radius 2 is 1.71 bits per heavy atom. The summed E-state index contributed by atoms with van der Waals surface area (Å²) < 4.78 is 47.2. The molecule has 0 fully saturated rings. The van der Waals surface area contributed by atoms with Crippen LogP contribution in [0, 0.1) is 6.92 Å². The van der Waals surface area contributed by atoms with Gasteiger partial charge in [-0.25, -0.2) is 15.0 Å². The van der Waals surface area contributed by atoms with E-state index in [0.717, 1.165) is 18.4 Å². The summed E-state index contributed by atoms with van der Waals surface area (Å²) in [6, 6.07) is 9.88. The molecule has 0 unspecified atom stereocenters. The Labute approximate surface area is 178 Å². The highest BCUT2D eigenvalue weighted by Gasteiger charge is 2.45. The van der Waals surface area contributed by atoms with Crippen LogP contribution in [0.1, 0.15) is 37.0 Å². The number of ether oxygens (including phenoxy) is 1. The number of carbonyl (C=O) groups excluding carboxylic acids is 3. The number of rotatable bonds is 5. The molecule has 0 aliphatic rings. The van der Waals surface area contributed by atoms with E-state index in [-0.39, 0.29) is 10.6 Å². The fourth-order valence-electron chi connectivity index (χ4n) is 2.98. The number of hydrogen-bond donors (Lipinski definition) is 2. The number of aromatic nitrogens is 1. The summed E-state index contributed by atoms with van der Waals surface area (Å²) in [4.78, 5) is 37.6. The number of methoxy groups -OCH3 is 1. The quantitative estimate of drug-likeness (QED) is 0.436. The molecule has 11 heteroatoms.